The summed E-state index contributed by atoms with van der Waals surface area (Å²) in [6, 6.07) is 8.11. The van der Waals surface area contributed by atoms with Gasteiger partial charge in [-0.25, -0.2) is 0 Å². The van der Waals surface area contributed by atoms with E-state index in [2.05, 4.69) is 0 Å². The summed E-state index contributed by atoms with van der Waals surface area (Å²) >= 11 is 0. The summed E-state index contributed by atoms with van der Waals surface area (Å²) in [7, 11) is 4.01. The Labute approximate surface area is 116 Å². The van der Waals surface area contributed by atoms with Crippen molar-refractivity contribution in [3.8, 4) is 0 Å². The Kier molecular flexibility index (Phi) is 6.60. The molecule has 0 aliphatic heterocycles. The molecule has 0 aliphatic carbocycles. The van der Waals surface area contributed by atoms with E-state index in [-0.39, 0.29) is 0 Å². The number of anilines is 1. The molecule has 3 nitrogen and oxygen atoms in total. The van der Waals surface area contributed by atoms with E-state index in [0.717, 1.165) is 24.1 Å². The molecule has 0 bridgehead atoms. The van der Waals surface area contributed by atoms with E-state index in [1.54, 1.807) is 6.08 Å². The third kappa shape index (κ3) is 5.90. The molecule has 0 aromatic heterocycles. The number of nitrogens with zero attached hydrogens (tertiary/aromatic N) is 1. The van der Waals surface area contributed by atoms with Crippen LogP contribution in [0.15, 0.2) is 30.3 Å². The Balaban J connectivity index is 2.51. The quantitative estimate of drug-likeness (QED) is 0.795. The first-order chi connectivity index (χ1) is 9.02. The summed E-state index contributed by atoms with van der Waals surface area (Å²) in [5, 5.41) is 19.4. The lowest BCUT2D eigenvalue weighted by Crippen LogP contribution is -2.15. The molecular formula is C16H25NO2. The number of benzene rings is 1. The lowest BCUT2D eigenvalue weighted by atomic mass is 10.1. The van der Waals surface area contributed by atoms with E-state index in [1.165, 1.54) is 0 Å². The fourth-order valence-electron chi connectivity index (χ4n) is 1.91. The maximum absolute atomic E-state index is 9.80. The summed E-state index contributed by atoms with van der Waals surface area (Å²) in [5.41, 5.74) is 2.20. The van der Waals surface area contributed by atoms with E-state index in [1.807, 2.05) is 56.3 Å². The van der Waals surface area contributed by atoms with E-state index in [0.29, 0.717) is 6.42 Å². The van der Waals surface area contributed by atoms with Gasteiger partial charge < -0.3 is 15.1 Å². The molecule has 0 spiro atoms. The number of hydrogen-bond donors (Lipinski definition) is 2. The van der Waals surface area contributed by atoms with Crippen LogP contribution in [0.1, 0.15) is 31.7 Å². The van der Waals surface area contributed by atoms with Gasteiger partial charge in [-0.05, 0) is 24.1 Å². The van der Waals surface area contributed by atoms with Gasteiger partial charge in [-0.3, -0.25) is 0 Å². The Bertz CT molecular complexity index is 384. The van der Waals surface area contributed by atoms with Gasteiger partial charge in [-0.1, -0.05) is 37.6 Å². The highest BCUT2D eigenvalue weighted by molar-refractivity contribution is 5.55. The van der Waals surface area contributed by atoms with Gasteiger partial charge in [-0.2, -0.15) is 0 Å². The van der Waals surface area contributed by atoms with Crippen molar-refractivity contribution in [1.82, 2.24) is 0 Å². The van der Waals surface area contributed by atoms with Crippen molar-refractivity contribution in [2.45, 2.75) is 38.4 Å². The highest BCUT2D eigenvalue weighted by Gasteiger charge is 2.07. The summed E-state index contributed by atoms with van der Waals surface area (Å²) in [6.07, 6.45) is 4.70. The van der Waals surface area contributed by atoms with Gasteiger partial charge in [0.05, 0.1) is 12.2 Å². The van der Waals surface area contributed by atoms with Crippen LogP contribution in [-0.4, -0.2) is 36.5 Å². The minimum absolute atomic E-state index is 0.403. The standard InChI is InChI=1S/C16H25NO2/c1-4-5-15(18)12-16(19)11-8-13-6-9-14(10-7-13)17(2)3/h6-11,15-16,18-19H,4-5,12H2,1-3H3/b11-8+. The van der Waals surface area contributed by atoms with Crippen LogP contribution in [-0.2, 0) is 0 Å². The second-order valence-electron chi connectivity index (χ2n) is 5.09. The van der Waals surface area contributed by atoms with Crippen molar-refractivity contribution in [1.29, 1.82) is 0 Å². The molecule has 0 amide bonds. The lowest BCUT2D eigenvalue weighted by molar-refractivity contribution is 0.0976. The fourth-order valence-corrected chi connectivity index (χ4v) is 1.91. The highest BCUT2D eigenvalue weighted by Crippen LogP contribution is 2.14. The molecule has 106 valence electrons. The van der Waals surface area contributed by atoms with Crippen LogP contribution in [0.3, 0.4) is 0 Å². The van der Waals surface area contributed by atoms with Gasteiger partial charge >= 0.3 is 0 Å². The maximum Gasteiger partial charge on any atom is 0.0748 e. The second-order valence-corrected chi connectivity index (χ2v) is 5.09. The molecule has 3 heteroatoms. The minimum Gasteiger partial charge on any atom is -0.393 e. The topological polar surface area (TPSA) is 43.7 Å². The van der Waals surface area contributed by atoms with Crippen LogP contribution in [0, 0.1) is 0 Å². The molecule has 2 N–H and O–H groups in total. The summed E-state index contributed by atoms with van der Waals surface area (Å²) in [4.78, 5) is 2.05. The summed E-state index contributed by atoms with van der Waals surface area (Å²) < 4.78 is 0. The van der Waals surface area contributed by atoms with Gasteiger partial charge in [-0.15, -0.1) is 0 Å². The van der Waals surface area contributed by atoms with E-state index >= 15 is 0 Å². The zero-order chi connectivity index (χ0) is 14.3. The molecule has 0 radical (unpaired) electrons. The van der Waals surface area contributed by atoms with Crippen molar-refractivity contribution < 1.29 is 10.2 Å². The average molecular weight is 263 g/mol. The summed E-state index contributed by atoms with van der Waals surface area (Å²) in [6.45, 7) is 2.03. The largest absolute Gasteiger partial charge is 0.393 e. The molecule has 2 unspecified atom stereocenters. The number of hydrogen-bond acceptors (Lipinski definition) is 3. The molecule has 19 heavy (non-hydrogen) atoms. The lowest BCUT2D eigenvalue weighted by Gasteiger charge is -2.12. The van der Waals surface area contributed by atoms with Gasteiger partial charge in [0.2, 0.25) is 0 Å². The molecule has 2 atom stereocenters. The highest BCUT2D eigenvalue weighted by atomic mass is 16.3. The van der Waals surface area contributed by atoms with Crippen LogP contribution in [0.5, 0.6) is 0 Å². The molecule has 0 fully saturated rings. The third-order valence-electron chi connectivity index (χ3n) is 3.06. The molecule has 1 aromatic carbocycles. The van der Waals surface area contributed by atoms with E-state index < -0.39 is 12.2 Å². The fraction of sp³-hybridized carbons (Fsp3) is 0.500. The zero-order valence-corrected chi connectivity index (χ0v) is 12.1. The average Bonchev–Trinajstić information content (AvgIpc) is 2.37. The molecule has 0 aliphatic rings. The second kappa shape index (κ2) is 7.97. The van der Waals surface area contributed by atoms with Crippen LogP contribution < -0.4 is 4.90 Å². The van der Waals surface area contributed by atoms with Crippen molar-refractivity contribution in [3.63, 3.8) is 0 Å². The predicted molar refractivity (Wildman–Crippen MR) is 81.3 cm³/mol. The summed E-state index contributed by atoms with van der Waals surface area (Å²) in [5.74, 6) is 0. The van der Waals surface area contributed by atoms with Gasteiger partial charge in [0.25, 0.3) is 0 Å². The molecule has 1 rings (SSSR count). The monoisotopic (exact) mass is 263 g/mol. The van der Waals surface area contributed by atoms with Gasteiger partial charge in [0, 0.05) is 26.2 Å². The zero-order valence-electron chi connectivity index (χ0n) is 12.1. The SMILES string of the molecule is CCCC(O)CC(O)/C=C/c1ccc(N(C)C)cc1. The van der Waals surface area contributed by atoms with Gasteiger partial charge in [0.1, 0.15) is 0 Å². The predicted octanol–water partition coefficient (Wildman–Crippen LogP) is 2.68. The van der Waals surface area contributed by atoms with E-state index in [4.69, 9.17) is 0 Å². The molecular weight excluding hydrogens is 238 g/mol. The smallest absolute Gasteiger partial charge is 0.0748 e. The molecule has 0 saturated heterocycles. The first kappa shape index (κ1) is 15.7. The van der Waals surface area contributed by atoms with Crippen molar-refractivity contribution in [2.75, 3.05) is 19.0 Å². The number of aliphatic hydroxyl groups is 2. The number of aliphatic hydroxyl groups excluding tert-OH is 2. The number of rotatable bonds is 7. The first-order valence-corrected chi connectivity index (χ1v) is 6.84. The first-order valence-electron chi connectivity index (χ1n) is 6.84. The maximum atomic E-state index is 9.80. The normalized spacial score (nSPS) is 14.6. The van der Waals surface area contributed by atoms with E-state index in [9.17, 15) is 10.2 Å². The molecule has 1 aromatic rings. The Morgan fingerprint density at radius 2 is 1.79 bits per heavy atom. The van der Waals surface area contributed by atoms with Gasteiger partial charge in [0.15, 0.2) is 0 Å². The Morgan fingerprint density at radius 3 is 2.32 bits per heavy atom. The third-order valence-corrected chi connectivity index (χ3v) is 3.06. The van der Waals surface area contributed by atoms with Crippen molar-refractivity contribution >= 4 is 11.8 Å². The van der Waals surface area contributed by atoms with Crippen molar-refractivity contribution in [2.24, 2.45) is 0 Å². The molecule has 0 saturated carbocycles. The minimum atomic E-state index is -0.588. The van der Waals surface area contributed by atoms with Crippen LogP contribution >= 0.6 is 0 Å². The van der Waals surface area contributed by atoms with Crippen LogP contribution in [0.2, 0.25) is 0 Å². The Morgan fingerprint density at radius 1 is 1.16 bits per heavy atom. The van der Waals surface area contributed by atoms with Crippen molar-refractivity contribution in [3.05, 3.63) is 35.9 Å². The molecule has 0 heterocycles. The van der Waals surface area contributed by atoms with Crippen LogP contribution in [0.25, 0.3) is 6.08 Å². The van der Waals surface area contributed by atoms with Crippen LogP contribution in [0.4, 0.5) is 5.69 Å². The Hall–Kier alpha value is -1.32.